The highest BCUT2D eigenvalue weighted by Crippen LogP contribution is 2.23. The predicted molar refractivity (Wildman–Crippen MR) is 102 cm³/mol. The van der Waals surface area contributed by atoms with Crippen LogP contribution in [-0.2, 0) is 4.79 Å². The number of para-hydroxylation sites is 1. The molecule has 0 spiro atoms. The number of rotatable bonds is 6. The molecule has 27 heavy (non-hydrogen) atoms. The summed E-state index contributed by atoms with van der Waals surface area (Å²) in [6.07, 6.45) is 4.25. The SMILES string of the molecule is O=C(CN1CC[C@H](n2cncn2)C1)Nc1ccc(Oc2ccccc2)cc1. The number of amides is 1. The fraction of sp³-hybridized carbons (Fsp3) is 0.250. The van der Waals surface area contributed by atoms with Gasteiger partial charge in [0, 0.05) is 18.8 Å². The number of ether oxygens (including phenoxy) is 1. The summed E-state index contributed by atoms with van der Waals surface area (Å²) in [6, 6.07) is 17.3. The Hall–Kier alpha value is -3.19. The van der Waals surface area contributed by atoms with E-state index in [9.17, 15) is 4.79 Å². The first-order valence-corrected chi connectivity index (χ1v) is 8.95. The van der Waals surface area contributed by atoms with Gasteiger partial charge in [-0.1, -0.05) is 18.2 Å². The zero-order chi connectivity index (χ0) is 18.5. The lowest BCUT2D eigenvalue weighted by molar-refractivity contribution is -0.117. The standard InChI is InChI=1S/C20H21N5O2/c26-20(13-24-11-10-17(12-24)25-15-21-14-22-25)23-16-6-8-19(9-7-16)27-18-4-2-1-3-5-18/h1-9,14-15,17H,10-13H2,(H,23,26)/t17-/m0/s1. The van der Waals surface area contributed by atoms with E-state index in [4.69, 9.17) is 4.74 Å². The molecule has 1 aliphatic heterocycles. The summed E-state index contributed by atoms with van der Waals surface area (Å²) in [5.74, 6) is 1.49. The van der Waals surface area contributed by atoms with Crippen LogP contribution in [0.5, 0.6) is 11.5 Å². The summed E-state index contributed by atoms with van der Waals surface area (Å²) < 4.78 is 7.62. The molecule has 4 rings (SSSR count). The minimum Gasteiger partial charge on any atom is -0.457 e. The normalized spacial score (nSPS) is 17.0. The first kappa shape index (κ1) is 17.2. The first-order chi connectivity index (χ1) is 13.3. The molecule has 3 aromatic rings. The molecule has 0 unspecified atom stereocenters. The topological polar surface area (TPSA) is 72.3 Å². The van der Waals surface area contributed by atoms with Crippen LogP contribution in [0.1, 0.15) is 12.5 Å². The van der Waals surface area contributed by atoms with Gasteiger partial charge in [0.05, 0.1) is 12.6 Å². The number of likely N-dealkylation sites (tertiary alicyclic amines) is 1. The maximum absolute atomic E-state index is 12.3. The van der Waals surface area contributed by atoms with Gasteiger partial charge < -0.3 is 10.1 Å². The third-order valence-electron chi connectivity index (χ3n) is 4.54. The quantitative estimate of drug-likeness (QED) is 0.729. The van der Waals surface area contributed by atoms with Crippen molar-refractivity contribution in [2.45, 2.75) is 12.5 Å². The number of nitrogens with zero attached hydrogens (tertiary/aromatic N) is 4. The van der Waals surface area contributed by atoms with Gasteiger partial charge >= 0.3 is 0 Å². The Bertz CT molecular complexity index is 865. The van der Waals surface area contributed by atoms with Crippen molar-refractivity contribution in [1.82, 2.24) is 19.7 Å². The van der Waals surface area contributed by atoms with E-state index in [0.29, 0.717) is 6.54 Å². The zero-order valence-electron chi connectivity index (χ0n) is 14.9. The highest BCUT2D eigenvalue weighted by molar-refractivity contribution is 5.92. The maximum atomic E-state index is 12.3. The summed E-state index contributed by atoms with van der Waals surface area (Å²) in [5.41, 5.74) is 0.757. The largest absolute Gasteiger partial charge is 0.457 e. The van der Waals surface area contributed by atoms with Crippen molar-refractivity contribution >= 4 is 11.6 Å². The molecular weight excluding hydrogens is 342 g/mol. The Morgan fingerprint density at radius 1 is 1.11 bits per heavy atom. The van der Waals surface area contributed by atoms with E-state index >= 15 is 0 Å². The molecule has 138 valence electrons. The van der Waals surface area contributed by atoms with E-state index in [-0.39, 0.29) is 11.9 Å². The van der Waals surface area contributed by atoms with Gasteiger partial charge in [-0.2, -0.15) is 5.10 Å². The zero-order valence-corrected chi connectivity index (χ0v) is 14.9. The lowest BCUT2D eigenvalue weighted by atomic mass is 10.3. The second-order valence-electron chi connectivity index (χ2n) is 6.54. The highest BCUT2D eigenvalue weighted by Gasteiger charge is 2.25. The Labute approximate surface area is 157 Å². The average molecular weight is 363 g/mol. The first-order valence-electron chi connectivity index (χ1n) is 8.95. The molecule has 1 amide bonds. The molecular formula is C20H21N5O2. The van der Waals surface area contributed by atoms with Gasteiger partial charge in [-0.25, -0.2) is 9.67 Å². The number of anilines is 1. The number of hydrogen-bond donors (Lipinski definition) is 1. The third kappa shape index (κ3) is 4.51. The van der Waals surface area contributed by atoms with Gasteiger partial charge in [0.15, 0.2) is 0 Å². The molecule has 7 heteroatoms. The van der Waals surface area contributed by atoms with Crippen LogP contribution in [0.4, 0.5) is 5.69 Å². The van der Waals surface area contributed by atoms with Crippen LogP contribution in [0, 0.1) is 0 Å². The van der Waals surface area contributed by atoms with Crippen LogP contribution in [-0.4, -0.2) is 45.2 Å². The van der Waals surface area contributed by atoms with Crippen molar-refractivity contribution in [3.05, 3.63) is 67.3 Å². The van der Waals surface area contributed by atoms with Crippen molar-refractivity contribution in [2.24, 2.45) is 0 Å². The second kappa shape index (κ2) is 8.01. The minimum absolute atomic E-state index is 0.0223. The van der Waals surface area contributed by atoms with Gasteiger partial charge in [0.25, 0.3) is 0 Å². The van der Waals surface area contributed by atoms with Crippen molar-refractivity contribution in [2.75, 3.05) is 25.0 Å². The molecule has 7 nitrogen and oxygen atoms in total. The molecule has 0 radical (unpaired) electrons. The van der Waals surface area contributed by atoms with E-state index in [1.54, 1.807) is 12.7 Å². The molecule has 1 fully saturated rings. The Balaban J connectivity index is 1.27. The molecule has 0 aliphatic carbocycles. The van der Waals surface area contributed by atoms with Crippen LogP contribution in [0.15, 0.2) is 67.3 Å². The lowest BCUT2D eigenvalue weighted by Crippen LogP contribution is -2.31. The van der Waals surface area contributed by atoms with E-state index in [2.05, 4.69) is 20.3 Å². The van der Waals surface area contributed by atoms with Gasteiger partial charge in [0.2, 0.25) is 5.91 Å². The minimum atomic E-state index is -0.0223. The van der Waals surface area contributed by atoms with Crippen LogP contribution < -0.4 is 10.1 Å². The summed E-state index contributed by atoms with van der Waals surface area (Å²) >= 11 is 0. The van der Waals surface area contributed by atoms with E-state index in [0.717, 1.165) is 36.7 Å². The summed E-state index contributed by atoms with van der Waals surface area (Å²) in [5, 5.41) is 7.12. The molecule has 0 bridgehead atoms. The summed E-state index contributed by atoms with van der Waals surface area (Å²) in [6.45, 7) is 2.05. The van der Waals surface area contributed by atoms with Gasteiger partial charge in [-0.3, -0.25) is 9.69 Å². The van der Waals surface area contributed by atoms with Crippen molar-refractivity contribution in [3.63, 3.8) is 0 Å². The fourth-order valence-corrected chi connectivity index (χ4v) is 3.21. The van der Waals surface area contributed by atoms with Gasteiger partial charge in [-0.15, -0.1) is 0 Å². The summed E-state index contributed by atoms with van der Waals surface area (Å²) in [7, 11) is 0. The molecule has 1 aliphatic rings. The maximum Gasteiger partial charge on any atom is 0.238 e. The number of hydrogen-bond acceptors (Lipinski definition) is 5. The smallest absolute Gasteiger partial charge is 0.238 e. The Morgan fingerprint density at radius 2 is 1.89 bits per heavy atom. The van der Waals surface area contributed by atoms with Gasteiger partial charge in [0.1, 0.15) is 24.2 Å². The van der Waals surface area contributed by atoms with E-state index in [1.165, 1.54) is 0 Å². The summed E-state index contributed by atoms with van der Waals surface area (Å²) in [4.78, 5) is 18.4. The molecule has 1 N–H and O–H groups in total. The number of carbonyl (C=O) groups is 1. The van der Waals surface area contributed by atoms with Gasteiger partial charge in [-0.05, 0) is 42.8 Å². The highest BCUT2D eigenvalue weighted by atomic mass is 16.5. The number of carbonyl (C=O) groups excluding carboxylic acids is 1. The van der Waals surface area contributed by atoms with Crippen LogP contribution >= 0.6 is 0 Å². The molecule has 0 saturated carbocycles. The van der Waals surface area contributed by atoms with Crippen LogP contribution in [0.25, 0.3) is 0 Å². The number of benzene rings is 2. The Morgan fingerprint density at radius 3 is 2.63 bits per heavy atom. The predicted octanol–water partition coefficient (Wildman–Crippen LogP) is 2.96. The average Bonchev–Trinajstić information content (AvgIpc) is 3.36. The molecule has 1 saturated heterocycles. The van der Waals surface area contributed by atoms with E-state index in [1.807, 2.05) is 59.3 Å². The van der Waals surface area contributed by atoms with Crippen molar-refractivity contribution < 1.29 is 9.53 Å². The molecule has 2 aromatic carbocycles. The van der Waals surface area contributed by atoms with Crippen LogP contribution in [0.2, 0.25) is 0 Å². The van der Waals surface area contributed by atoms with Crippen molar-refractivity contribution in [3.8, 4) is 11.5 Å². The molecule has 1 aromatic heterocycles. The number of nitrogens with one attached hydrogen (secondary N) is 1. The van der Waals surface area contributed by atoms with Crippen molar-refractivity contribution in [1.29, 1.82) is 0 Å². The fourth-order valence-electron chi connectivity index (χ4n) is 3.21. The number of aromatic nitrogens is 3. The molecule has 2 heterocycles. The Kier molecular flexibility index (Phi) is 5.11. The molecule has 1 atom stereocenters. The van der Waals surface area contributed by atoms with Crippen LogP contribution in [0.3, 0.4) is 0 Å². The monoisotopic (exact) mass is 363 g/mol. The third-order valence-corrected chi connectivity index (χ3v) is 4.54. The lowest BCUT2D eigenvalue weighted by Gasteiger charge is -2.15. The van der Waals surface area contributed by atoms with E-state index < -0.39 is 0 Å². The second-order valence-corrected chi connectivity index (χ2v) is 6.54.